The maximum absolute atomic E-state index is 9.18. The van der Waals surface area contributed by atoms with Gasteiger partial charge in [0.25, 0.3) is 0 Å². The van der Waals surface area contributed by atoms with Gasteiger partial charge in [0.1, 0.15) is 5.82 Å². The van der Waals surface area contributed by atoms with Crippen molar-refractivity contribution in [2.45, 2.75) is 53.0 Å². The third kappa shape index (κ3) is 2.78. The lowest BCUT2D eigenvalue weighted by molar-refractivity contribution is 0.485. The highest BCUT2D eigenvalue weighted by atomic mass is 15.2. The van der Waals surface area contributed by atoms with Gasteiger partial charge in [-0.3, -0.25) is 0 Å². The fourth-order valence-electron chi connectivity index (χ4n) is 4.42. The van der Waals surface area contributed by atoms with E-state index in [2.05, 4.69) is 61.6 Å². The summed E-state index contributed by atoms with van der Waals surface area (Å²) in [5.41, 5.74) is 6.73. The molecule has 1 aliphatic rings. The Hall–Kier alpha value is -2.80. The number of aromatic nitrogens is 2. The summed E-state index contributed by atoms with van der Waals surface area (Å²) in [7, 11) is 0. The van der Waals surface area contributed by atoms with Gasteiger partial charge in [-0.25, -0.2) is 4.98 Å². The zero-order chi connectivity index (χ0) is 19.1. The Labute approximate surface area is 161 Å². The predicted octanol–water partition coefficient (Wildman–Crippen LogP) is 5.58. The highest BCUT2D eigenvalue weighted by Gasteiger charge is 2.26. The van der Waals surface area contributed by atoms with Crippen LogP contribution >= 0.6 is 0 Å². The van der Waals surface area contributed by atoms with Gasteiger partial charge >= 0.3 is 0 Å². The minimum Gasteiger partial charge on any atom is -0.344 e. The lowest BCUT2D eigenvalue weighted by Crippen LogP contribution is -2.25. The Morgan fingerprint density at radius 2 is 1.96 bits per heavy atom. The van der Waals surface area contributed by atoms with E-state index in [-0.39, 0.29) is 0 Å². The van der Waals surface area contributed by atoms with Crippen molar-refractivity contribution in [3.63, 3.8) is 0 Å². The zero-order valence-corrected chi connectivity index (χ0v) is 16.6. The molecule has 0 saturated carbocycles. The summed E-state index contributed by atoms with van der Waals surface area (Å²) in [5.74, 6) is 1.06. The van der Waals surface area contributed by atoms with E-state index in [1.165, 1.54) is 16.5 Å². The summed E-state index contributed by atoms with van der Waals surface area (Å²) in [6.45, 7) is 9.60. The molecule has 0 radical (unpaired) electrons. The predicted molar refractivity (Wildman–Crippen MR) is 111 cm³/mol. The molecule has 0 fully saturated rings. The second-order valence-electron chi connectivity index (χ2n) is 7.53. The third-order valence-corrected chi connectivity index (χ3v) is 5.81. The van der Waals surface area contributed by atoms with Crippen LogP contribution in [0.5, 0.6) is 0 Å². The lowest BCUT2D eigenvalue weighted by Gasteiger charge is -2.30. The topological polar surface area (TPSA) is 44.9 Å². The molecule has 3 heterocycles. The first kappa shape index (κ1) is 17.6. The van der Waals surface area contributed by atoms with E-state index < -0.39 is 0 Å². The molecule has 1 aliphatic heterocycles. The monoisotopic (exact) mass is 358 g/mol. The number of hydrogen-bond donors (Lipinski definition) is 0. The number of hydrogen-bond acceptors (Lipinski definition) is 3. The highest BCUT2D eigenvalue weighted by molar-refractivity contribution is 5.97. The SMILES string of the molecule is CCC(CC)n1cc2c3c(nc(C)cc31)N(c1ccc(C#N)cc1C)CC2. The van der Waals surface area contributed by atoms with Crippen molar-refractivity contribution in [1.82, 2.24) is 9.55 Å². The van der Waals surface area contributed by atoms with Gasteiger partial charge in [0.2, 0.25) is 0 Å². The number of anilines is 2. The van der Waals surface area contributed by atoms with Gasteiger partial charge in [-0.1, -0.05) is 13.8 Å². The van der Waals surface area contributed by atoms with Gasteiger partial charge in [0.15, 0.2) is 0 Å². The van der Waals surface area contributed by atoms with E-state index in [9.17, 15) is 5.26 Å². The lowest BCUT2D eigenvalue weighted by atomic mass is 10.0. The molecule has 27 heavy (non-hydrogen) atoms. The number of rotatable bonds is 4. The molecular weight excluding hydrogens is 332 g/mol. The summed E-state index contributed by atoms with van der Waals surface area (Å²) >= 11 is 0. The Morgan fingerprint density at radius 1 is 1.19 bits per heavy atom. The van der Waals surface area contributed by atoms with Crippen LogP contribution in [0.2, 0.25) is 0 Å². The Kier molecular flexibility index (Phi) is 4.39. The van der Waals surface area contributed by atoms with Gasteiger partial charge in [-0.15, -0.1) is 0 Å². The molecule has 3 aromatic rings. The average Bonchev–Trinajstić information content (AvgIpc) is 3.03. The fourth-order valence-corrected chi connectivity index (χ4v) is 4.42. The maximum Gasteiger partial charge on any atom is 0.143 e. The molecule has 0 atom stereocenters. The molecule has 0 saturated heterocycles. The van der Waals surface area contributed by atoms with Crippen LogP contribution in [0.4, 0.5) is 11.5 Å². The molecule has 4 nitrogen and oxygen atoms in total. The molecular formula is C23H26N4. The Balaban J connectivity index is 1.92. The quantitative estimate of drug-likeness (QED) is 0.611. The van der Waals surface area contributed by atoms with Gasteiger partial charge in [-0.2, -0.15) is 5.26 Å². The van der Waals surface area contributed by atoms with Crippen LogP contribution in [0.15, 0.2) is 30.5 Å². The largest absolute Gasteiger partial charge is 0.344 e. The molecule has 0 bridgehead atoms. The van der Waals surface area contributed by atoms with Gasteiger partial charge < -0.3 is 9.47 Å². The number of aryl methyl sites for hydroxylation is 2. The van der Waals surface area contributed by atoms with E-state index >= 15 is 0 Å². The fraction of sp³-hybridized carbons (Fsp3) is 0.391. The molecule has 2 aromatic heterocycles. The highest BCUT2D eigenvalue weighted by Crippen LogP contribution is 2.41. The first-order valence-corrected chi connectivity index (χ1v) is 9.86. The summed E-state index contributed by atoms with van der Waals surface area (Å²) in [4.78, 5) is 7.27. The number of benzene rings is 1. The maximum atomic E-state index is 9.18. The third-order valence-electron chi connectivity index (χ3n) is 5.81. The first-order chi connectivity index (χ1) is 13.1. The zero-order valence-electron chi connectivity index (χ0n) is 16.6. The molecule has 0 amide bonds. The standard InChI is InChI=1S/C23H26N4/c1-5-19(6-2)27-14-18-9-10-26(20-8-7-17(13-24)11-15(20)3)23-22(18)21(27)12-16(4)25-23/h7-8,11-12,14,19H,5-6,9-10H2,1-4H3. The second-order valence-corrected chi connectivity index (χ2v) is 7.53. The van der Waals surface area contributed by atoms with Crippen molar-refractivity contribution in [2.75, 3.05) is 11.4 Å². The number of nitrogens with zero attached hydrogens (tertiary/aromatic N) is 4. The molecule has 138 valence electrons. The van der Waals surface area contributed by atoms with Gasteiger partial charge in [-0.05, 0) is 68.5 Å². The summed E-state index contributed by atoms with van der Waals surface area (Å²) in [5, 5.41) is 10.5. The van der Waals surface area contributed by atoms with E-state index in [1.54, 1.807) is 0 Å². The van der Waals surface area contributed by atoms with Crippen LogP contribution in [-0.2, 0) is 6.42 Å². The Morgan fingerprint density at radius 3 is 2.63 bits per heavy atom. The summed E-state index contributed by atoms with van der Waals surface area (Å²) in [6, 6.07) is 10.9. The van der Waals surface area contributed by atoms with Crippen molar-refractivity contribution >= 4 is 22.4 Å². The van der Waals surface area contributed by atoms with Crippen LogP contribution in [0.25, 0.3) is 10.9 Å². The van der Waals surface area contributed by atoms with Crippen LogP contribution in [0.1, 0.15) is 55.1 Å². The van der Waals surface area contributed by atoms with Crippen molar-refractivity contribution in [3.8, 4) is 6.07 Å². The van der Waals surface area contributed by atoms with Crippen molar-refractivity contribution in [1.29, 1.82) is 5.26 Å². The van der Waals surface area contributed by atoms with Crippen LogP contribution in [0.3, 0.4) is 0 Å². The van der Waals surface area contributed by atoms with E-state index in [1.807, 2.05) is 12.1 Å². The minimum atomic E-state index is 0.527. The van der Waals surface area contributed by atoms with Crippen molar-refractivity contribution < 1.29 is 0 Å². The first-order valence-electron chi connectivity index (χ1n) is 9.86. The smallest absolute Gasteiger partial charge is 0.143 e. The molecule has 4 rings (SSSR count). The average molecular weight is 358 g/mol. The molecule has 0 unspecified atom stereocenters. The van der Waals surface area contributed by atoms with E-state index in [4.69, 9.17) is 4.98 Å². The van der Waals surface area contributed by atoms with Gasteiger partial charge in [0.05, 0.1) is 17.1 Å². The van der Waals surface area contributed by atoms with Crippen LogP contribution in [0, 0.1) is 25.2 Å². The van der Waals surface area contributed by atoms with Crippen molar-refractivity contribution in [3.05, 3.63) is 52.8 Å². The van der Waals surface area contributed by atoms with Crippen molar-refractivity contribution in [2.24, 2.45) is 0 Å². The van der Waals surface area contributed by atoms with Crippen LogP contribution < -0.4 is 4.90 Å². The van der Waals surface area contributed by atoms with E-state index in [0.717, 1.165) is 48.6 Å². The number of nitriles is 1. The van der Waals surface area contributed by atoms with Crippen LogP contribution in [-0.4, -0.2) is 16.1 Å². The minimum absolute atomic E-state index is 0.527. The normalized spacial score (nSPS) is 13.4. The molecule has 0 aliphatic carbocycles. The Bertz CT molecular complexity index is 1050. The van der Waals surface area contributed by atoms with Gasteiger partial charge in [0, 0.05) is 35.6 Å². The summed E-state index contributed by atoms with van der Waals surface area (Å²) < 4.78 is 2.47. The molecule has 1 aromatic carbocycles. The number of pyridine rings is 1. The second kappa shape index (κ2) is 6.74. The molecule has 4 heteroatoms. The van der Waals surface area contributed by atoms with E-state index in [0.29, 0.717) is 11.6 Å². The molecule has 0 N–H and O–H groups in total. The summed E-state index contributed by atoms with van der Waals surface area (Å²) in [6.07, 6.45) is 5.64. The molecule has 0 spiro atoms.